The predicted octanol–water partition coefficient (Wildman–Crippen LogP) is 0.799. The third kappa shape index (κ3) is 2.85. The first-order chi connectivity index (χ1) is 8.76. The summed E-state index contributed by atoms with van der Waals surface area (Å²) in [6.45, 7) is 2.48. The van der Waals surface area contributed by atoms with Crippen LogP contribution in [-0.4, -0.2) is 49.4 Å². The van der Waals surface area contributed by atoms with Gasteiger partial charge in [-0.1, -0.05) is 0 Å². The molecule has 0 radical (unpaired) electrons. The van der Waals surface area contributed by atoms with E-state index in [1.54, 1.807) is 20.4 Å². The van der Waals surface area contributed by atoms with Crippen LogP contribution in [0.2, 0.25) is 0 Å². The van der Waals surface area contributed by atoms with Gasteiger partial charge in [0.05, 0.1) is 12.2 Å². The predicted molar refractivity (Wildman–Crippen MR) is 65.8 cm³/mol. The Hall–Kier alpha value is -1.48. The summed E-state index contributed by atoms with van der Waals surface area (Å²) in [5, 5.41) is 8.82. The highest BCUT2D eigenvalue weighted by atomic mass is 16.5. The van der Waals surface area contributed by atoms with Crippen LogP contribution in [0, 0.1) is 11.3 Å². The summed E-state index contributed by atoms with van der Waals surface area (Å²) in [4.78, 5) is 6.23. The number of ether oxygens (including phenoxy) is 2. The summed E-state index contributed by atoms with van der Waals surface area (Å²) in [6, 6.07) is 5.81. The van der Waals surface area contributed by atoms with Crippen LogP contribution < -0.4 is 0 Å². The van der Waals surface area contributed by atoms with Crippen molar-refractivity contribution in [2.45, 2.75) is 18.8 Å². The van der Waals surface area contributed by atoms with Crippen molar-refractivity contribution in [3.8, 4) is 6.07 Å². The number of methoxy groups -OCH3 is 2. The molecule has 2 rings (SSSR count). The summed E-state index contributed by atoms with van der Waals surface area (Å²) in [5.74, 6) is 0. The van der Waals surface area contributed by atoms with Crippen LogP contribution in [0.15, 0.2) is 18.3 Å². The molecule has 1 saturated heterocycles. The monoisotopic (exact) mass is 247 g/mol. The number of likely N-dealkylation sites (tertiary alicyclic amines) is 1. The van der Waals surface area contributed by atoms with Gasteiger partial charge in [0, 0.05) is 40.1 Å². The van der Waals surface area contributed by atoms with Gasteiger partial charge in [-0.15, -0.1) is 0 Å². The normalized spacial score (nSPS) is 24.1. The minimum absolute atomic E-state index is 0.118. The Morgan fingerprint density at radius 3 is 2.61 bits per heavy atom. The van der Waals surface area contributed by atoms with Gasteiger partial charge in [-0.2, -0.15) is 5.26 Å². The van der Waals surface area contributed by atoms with Crippen molar-refractivity contribution in [1.29, 1.82) is 5.26 Å². The highest BCUT2D eigenvalue weighted by molar-refractivity contribution is 5.25. The molecule has 1 aliphatic rings. The van der Waals surface area contributed by atoms with Gasteiger partial charge in [-0.25, -0.2) is 4.98 Å². The number of hydrogen-bond acceptors (Lipinski definition) is 5. The van der Waals surface area contributed by atoms with E-state index >= 15 is 0 Å². The molecule has 2 atom stereocenters. The zero-order chi connectivity index (χ0) is 13.0. The molecule has 1 aliphatic heterocycles. The fraction of sp³-hybridized carbons (Fsp3) is 0.538. The zero-order valence-corrected chi connectivity index (χ0v) is 10.7. The number of rotatable bonds is 4. The third-order valence-corrected chi connectivity index (χ3v) is 3.24. The Balaban J connectivity index is 2.00. The molecule has 0 bridgehead atoms. The average Bonchev–Trinajstić information content (AvgIpc) is 2.81. The van der Waals surface area contributed by atoms with Gasteiger partial charge >= 0.3 is 0 Å². The van der Waals surface area contributed by atoms with Gasteiger partial charge in [0.2, 0.25) is 0 Å². The molecular formula is C13H17N3O2. The Morgan fingerprint density at radius 1 is 1.39 bits per heavy atom. The first-order valence-corrected chi connectivity index (χ1v) is 5.89. The van der Waals surface area contributed by atoms with Crippen LogP contribution in [-0.2, 0) is 16.0 Å². The van der Waals surface area contributed by atoms with E-state index in [0.29, 0.717) is 5.69 Å². The molecule has 5 nitrogen and oxygen atoms in total. The topological polar surface area (TPSA) is 58.4 Å². The van der Waals surface area contributed by atoms with E-state index in [0.717, 1.165) is 25.2 Å². The van der Waals surface area contributed by atoms with E-state index < -0.39 is 0 Å². The van der Waals surface area contributed by atoms with Crippen molar-refractivity contribution >= 4 is 0 Å². The Morgan fingerprint density at radius 2 is 2.06 bits per heavy atom. The van der Waals surface area contributed by atoms with Crippen molar-refractivity contribution in [2.24, 2.45) is 0 Å². The first kappa shape index (κ1) is 13.0. The van der Waals surface area contributed by atoms with Crippen molar-refractivity contribution in [3.63, 3.8) is 0 Å². The van der Waals surface area contributed by atoms with Crippen LogP contribution in [0.1, 0.15) is 11.3 Å². The molecule has 0 aromatic carbocycles. The molecule has 0 N–H and O–H groups in total. The maximum atomic E-state index is 8.82. The van der Waals surface area contributed by atoms with Crippen LogP contribution in [0.25, 0.3) is 0 Å². The standard InChI is InChI=1S/C13H17N3O2/c1-17-12-8-16(9-13(12)18-2)7-10-3-4-15-11(5-10)6-14/h3-5,12-13H,7-9H2,1-2H3. The maximum Gasteiger partial charge on any atom is 0.140 e. The number of aromatic nitrogens is 1. The van der Waals surface area contributed by atoms with Crippen molar-refractivity contribution in [3.05, 3.63) is 29.6 Å². The second-order valence-corrected chi connectivity index (χ2v) is 4.40. The summed E-state index contributed by atoms with van der Waals surface area (Å²) < 4.78 is 10.8. The molecule has 2 unspecified atom stereocenters. The van der Waals surface area contributed by atoms with Crippen molar-refractivity contribution in [2.75, 3.05) is 27.3 Å². The van der Waals surface area contributed by atoms with Crippen molar-refractivity contribution in [1.82, 2.24) is 9.88 Å². The molecule has 2 heterocycles. The van der Waals surface area contributed by atoms with E-state index in [2.05, 4.69) is 16.0 Å². The maximum absolute atomic E-state index is 8.82. The van der Waals surface area contributed by atoms with E-state index in [1.165, 1.54) is 0 Å². The van der Waals surface area contributed by atoms with Crippen LogP contribution in [0.3, 0.4) is 0 Å². The highest BCUT2D eigenvalue weighted by Gasteiger charge is 2.32. The Kier molecular flexibility index (Phi) is 4.26. The van der Waals surface area contributed by atoms with Crippen LogP contribution >= 0.6 is 0 Å². The third-order valence-electron chi connectivity index (χ3n) is 3.24. The van der Waals surface area contributed by atoms with E-state index in [4.69, 9.17) is 14.7 Å². The van der Waals surface area contributed by atoms with Crippen LogP contribution in [0.5, 0.6) is 0 Å². The number of pyridine rings is 1. The molecular weight excluding hydrogens is 230 g/mol. The van der Waals surface area contributed by atoms with E-state index in [9.17, 15) is 0 Å². The van der Waals surface area contributed by atoms with Gasteiger partial charge in [0.25, 0.3) is 0 Å². The fourth-order valence-electron chi connectivity index (χ4n) is 2.29. The Labute approximate surface area is 107 Å². The molecule has 18 heavy (non-hydrogen) atoms. The molecule has 96 valence electrons. The molecule has 1 aromatic rings. The fourth-order valence-corrected chi connectivity index (χ4v) is 2.29. The van der Waals surface area contributed by atoms with Gasteiger partial charge in [-0.05, 0) is 17.7 Å². The van der Waals surface area contributed by atoms with E-state index in [-0.39, 0.29) is 12.2 Å². The van der Waals surface area contributed by atoms with Gasteiger partial charge in [-0.3, -0.25) is 4.90 Å². The lowest BCUT2D eigenvalue weighted by Crippen LogP contribution is -2.27. The summed E-state index contributed by atoms with van der Waals surface area (Å²) in [5.41, 5.74) is 1.55. The second-order valence-electron chi connectivity index (χ2n) is 4.40. The number of nitrogens with zero attached hydrogens (tertiary/aromatic N) is 3. The molecule has 0 aliphatic carbocycles. The van der Waals surface area contributed by atoms with Gasteiger partial charge in [0.15, 0.2) is 0 Å². The molecule has 1 aromatic heterocycles. The Bertz CT molecular complexity index is 432. The minimum atomic E-state index is 0.118. The lowest BCUT2D eigenvalue weighted by atomic mass is 10.2. The smallest absolute Gasteiger partial charge is 0.140 e. The average molecular weight is 247 g/mol. The lowest BCUT2D eigenvalue weighted by molar-refractivity contribution is -0.00461. The molecule has 0 spiro atoms. The molecule has 1 fully saturated rings. The first-order valence-electron chi connectivity index (χ1n) is 5.89. The minimum Gasteiger partial charge on any atom is -0.377 e. The lowest BCUT2D eigenvalue weighted by Gasteiger charge is -2.14. The molecule has 0 amide bonds. The molecule has 5 heteroatoms. The number of nitriles is 1. The quantitative estimate of drug-likeness (QED) is 0.787. The SMILES string of the molecule is COC1CN(Cc2ccnc(C#N)c2)CC1OC. The summed E-state index contributed by atoms with van der Waals surface area (Å²) in [7, 11) is 3.42. The summed E-state index contributed by atoms with van der Waals surface area (Å²) in [6.07, 6.45) is 1.91. The highest BCUT2D eigenvalue weighted by Crippen LogP contribution is 2.18. The van der Waals surface area contributed by atoms with E-state index in [1.807, 2.05) is 12.1 Å². The van der Waals surface area contributed by atoms with Gasteiger partial charge in [0.1, 0.15) is 11.8 Å². The summed E-state index contributed by atoms with van der Waals surface area (Å²) >= 11 is 0. The second kappa shape index (κ2) is 5.91. The largest absolute Gasteiger partial charge is 0.377 e. The zero-order valence-electron chi connectivity index (χ0n) is 10.7. The number of hydrogen-bond donors (Lipinski definition) is 0. The van der Waals surface area contributed by atoms with Gasteiger partial charge < -0.3 is 9.47 Å². The van der Waals surface area contributed by atoms with Crippen LogP contribution in [0.4, 0.5) is 0 Å². The van der Waals surface area contributed by atoms with Crippen molar-refractivity contribution < 1.29 is 9.47 Å². The molecule has 0 saturated carbocycles.